The predicted octanol–water partition coefficient (Wildman–Crippen LogP) is 4.77. The van der Waals surface area contributed by atoms with Crippen LogP contribution in [0.5, 0.6) is 5.75 Å². The van der Waals surface area contributed by atoms with Crippen LogP contribution in [0.4, 0.5) is 19.0 Å². The number of nitrogens with zero attached hydrogens (tertiary/aromatic N) is 2. The molecule has 0 spiro atoms. The number of fused-ring (bicyclic) bond motifs is 1. The number of pyridine rings is 1. The lowest BCUT2D eigenvalue weighted by Gasteiger charge is -2.24. The SMILES string of the molecule is N#Cc1cc2c(cc1Cc1ccc(C(=O)Nc3ccc(C(F)(F)F)cn3)cc1)OCCC2C(=O)O. The van der Waals surface area contributed by atoms with E-state index in [0.29, 0.717) is 41.5 Å². The number of carbonyl (C=O) groups excluding carboxylic acids is 1. The highest BCUT2D eigenvalue weighted by Crippen LogP contribution is 2.36. The van der Waals surface area contributed by atoms with E-state index >= 15 is 0 Å². The van der Waals surface area contributed by atoms with Crippen molar-refractivity contribution in [2.75, 3.05) is 11.9 Å². The summed E-state index contributed by atoms with van der Waals surface area (Å²) in [6, 6.07) is 13.7. The summed E-state index contributed by atoms with van der Waals surface area (Å²) >= 11 is 0. The first-order valence-corrected chi connectivity index (χ1v) is 10.5. The molecule has 1 aromatic heterocycles. The van der Waals surface area contributed by atoms with E-state index in [9.17, 15) is 33.1 Å². The summed E-state index contributed by atoms with van der Waals surface area (Å²) in [5.41, 5.74) is 1.63. The van der Waals surface area contributed by atoms with Gasteiger partial charge in [0.05, 0.1) is 29.7 Å². The van der Waals surface area contributed by atoms with Gasteiger partial charge in [-0.1, -0.05) is 12.1 Å². The Kier molecular flexibility index (Phi) is 6.42. The minimum atomic E-state index is -4.51. The number of rotatable bonds is 5. The van der Waals surface area contributed by atoms with Crippen LogP contribution < -0.4 is 10.1 Å². The van der Waals surface area contributed by atoms with Crippen molar-refractivity contribution in [3.8, 4) is 11.8 Å². The molecule has 7 nitrogen and oxygen atoms in total. The van der Waals surface area contributed by atoms with Crippen molar-refractivity contribution in [3.63, 3.8) is 0 Å². The van der Waals surface area contributed by atoms with E-state index in [1.54, 1.807) is 36.4 Å². The van der Waals surface area contributed by atoms with Gasteiger partial charge in [-0.2, -0.15) is 18.4 Å². The van der Waals surface area contributed by atoms with E-state index in [-0.39, 0.29) is 18.0 Å². The molecule has 0 radical (unpaired) electrons. The van der Waals surface area contributed by atoms with Crippen molar-refractivity contribution in [1.29, 1.82) is 5.26 Å². The van der Waals surface area contributed by atoms with Crippen LogP contribution in [0.1, 0.15) is 50.5 Å². The number of nitrogens with one attached hydrogen (secondary N) is 1. The van der Waals surface area contributed by atoms with Gasteiger partial charge >= 0.3 is 12.1 Å². The Hall–Kier alpha value is -4.39. The Labute approximate surface area is 197 Å². The molecular formula is C25H18F3N3O4. The van der Waals surface area contributed by atoms with Crippen LogP contribution in [0.2, 0.25) is 0 Å². The Morgan fingerprint density at radius 1 is 1.17 bits per heavy atom. The lowest BCUT2D eigenvalue weighted by Crippen LogP contribution is -2.21. The standard InChI is InChI=1S/C25H18F3N3O4/c26-25(27,28)18-5-6-22(30-13-18)31-23(32)15-3-1-14(2-4-15)9-16-11-21-20(10-17(16)12-29)19(24(33)34)7-8-35-21/h1-6,10-11,13,19H,7-9H2,(H,33,34)(H,30,31,32). The van der Waals surface area contributed by atoms with Crippen LogP contribution in [0.25, 0.3) is 0 Å². The molecule has 1 atom stereocenters. The Morgan fingerprint density at radius 3 is 2.51 bits per heavy atom. The zero-order chi connectivity index (χ0) is 25.2. The first-order chi connectivity index (χ1) is 16.7. The van der Waals surface area contributed by atoms with Gasteiger partial charge in [-0.25, -0.2) is 4.98 Å². The highest BCUT2D eigenvalue weighted by Gasteiger charge is 2.31. The molecule has 0 fully saturated rings. The number of hydrogen-bond donors (Lipinski definition) is 2. The molecule has 10 heteroatoms. The van der Waals surface area contributed by atoms with E-state index in [2.05, 4.69) is 16.4 Å². The van der Waals surface area contributed by atoms with E-state index in [4.69, 9.17) is 4.74 Å². The number of aromatic nitrogens is 1. The van der Waals surface area contributed by atoms with Crippen LogP contribution >= 0.6 is 0 Å². The molecule has 4 rings (SSSR count). The number of carbonyl (C=O) groups is 2. The maximum atomic E-state index is 12.6. The van der Waals surface area contributed by atoms with Gasteiger partial charge in [-0.05, 0) is 60.4 Å². The monoisotopic (exact) mass is 481 g/mol. The van der Waals surface area contributed by atoms with Crippen LogP contribution in [0, 0.1) is 11.3 Å². The molecule has 0 saturated carbocycles. The molecule has 2 aromatic carbocycles. The number of alkyl halides is 3. The number of anilines is 1. The van der Waals surface area contributed by atoms with E-state index < -0.39 is 29.5 Å². The third-order valence-electron chi connectivity index (χ3n) is 5.64. The number of aliphatic carboxylic acids is 1. The van der Waals surface area contributed by atoms with E-state index in [0.717, 1.165) is 17.7 Å². The molecule has 2 heterocycles. The highest BCUT2D eigenvalue weighted by atomic mass is 19.4. The zero-order valence-electron chi connectivity index (χ0n) is 18.1. The molecule has 3 aromatic rings. The number of nitriles is 1. The average molecular weight is 481 g/mol. The van der Waals surface area contributed by atoms with Crippen LogP contribution in [0.15, 0.2) is 54.7 Å². The molecule has 0 aliphatic carbocycles. The van der Waals surface area contributed by atoms with Gasteiger partial charge in [0.15, 0.2) is 0 Å². The molecule has 1 aliphatic rings. The fraction of sp³-hybridized carbons (Fsp3) is 0.200. The first kappa shape index (κ1) is 23.8. The van der Waals surface area contributed by atoms with Gasteiger partial charge < -0.3 is 15.2 Å². The normalized spacial score (nSPS) is 14.9. The van der Waals surface area contributed by atoms with Crippen molar-refractivity contribution in [3.05, 3.63) is 88.1 Å². The number of ether oxygens (including phenoxy) is 1. The van der Waals surface area contributed by atoms with E-state index in [1.165, 1.54) is 0 Å². The van der Waals surface area contributed by atoms with Crippen LogP contribution in [-0.4, -0.2) is 28.6 Å². The lowest BCUT2D eigenvalue weighted by molar-refractivity contribution is -0.139. The van der Waals surface area contributed by atoms with Gasteiger partial charge in [0.2, 0.25) is 0 Å². The van der Waals surface area contributed by atoms with Crippen molar-refractivity contribution in [1.82, 2.24) is 4.98 Å². The number of carboxylic acid groups (broad SMARTS) is 1. The van der Waals surface area contributed by atoms with Crippen LogP contribution in [0.3, 0.4) is 0 Å². The largest absolute Gasteiger partial charge is 0.493 e. The first-order valence-electron chi connectivity index (χ1n) is 10.5. The summed E-state index contributed by atoms with van der Waals surface area (Å²) in [5, 5.41) is 21.5. The summed E-state index contributed by atoms with van der Waals surface area (Å²) in [5.74, 6) is -1.80. The number of amides is 1. The molecule has 35 heavy (non-hydrogen) atoms. The smallest absolute Gasteiger partial charge is 0.417 e. The minimum absolute atomic E-state index is 0.0144. The zero-order valence-corrected chi connectivity index (χ0v) is 18.1. The van der Waals surface area contributed by atoms with Gasteiger partial charge in [0, 0.05) is 17.3 Å². The van der Waals surface area contributed by atoms with Gasteiger partial charge in [0.1, 0.15) is 11.6 Å². The fourth-order valence-electron chi connectivity index (χ4n) is 3.80. The Bertz CT molecular complexity index is 1310. The maximum Gasteiger partial charge on any atom is 0.417 e. The summed E-state index contributed by atoms with van der Waals surface area (Å²) < 4.78 is 43.6. The second kappa shape index (κ2) is 9.46. The molecule has 0 saturated heterocycles. The van der Waals surface area contributed by atoms with Gasteiger partial charge in [-0.3, -0.25) is 9.59 Å². The Balaban J connectivity index is 1.48. The third-order valence-corrected chi connectivity index (χ3v) is 5.64. The topological polar surface area (TPSA) is 112 Å². The summed E-state index contributed by atoms with van der Waals surface area (Å²) in [7, 11) is 0. The number of hydrogen-bond acceptors (Lipinski definition) is 5. The Morgan fingerprint density at radius 2 is 1.91 bits per heavy atom. The maximum absolute atomic E-state index is 12.6. The third kappa shape index (κ3) is 5.24. The lowest BCUT2D eigenvalue weighted by atomic mass is 9.89. The van der Waals surface area contributed by atoms with Gasteiger partial charge in [0.25, 0.3) is 5.91 Å². The summed E-state index contributed by atoms with van der Waals surface area (Å²) in [6.45, 7) is 0.271. The minimum Gasteiger partial charge on any atom is -0.493 e. The summed E-state index contributed by atoms with van der Waals surface area (Å²) in [4.78, 5) is 27.6. The average Bonchev–Trinajstić information content (AvgIpc) is 2.83. The predicted molar refractivity (Wildman–Crippen MR) is 118 cm³/mol. The molecule has 178 valence electrons. The van der Waals surface area contributed by atoms with Gasteiger partial charge in [-0.15, -0.1) is 0 Å². The number of benzene rings is 2. The number of carboxylic acids is 1. The van der Waals surface area contributed by atoms with Crippen molar-refractivity contribution >= 4 is 17.7 Å². The van der Waals surface area contributed by atoms with Crippen LogP contribution in [-0.2, 0) is 17.4 Å². The second-order valence-electron chi connectivity index (χ2n) is 7.94. The second-order valence-corrected chi connectivity index (χ2v) is 7.94. The van der Waals surface area contributed by atoms with Crippen molar-refractivity contribution < 1.29 is 32.6 Å². The highest BCUT2D eigenvalue weighted by molar-refractivity contribution is 6.03. The van der Waals surface area contributed by atoms with E-state index in [1.807, 2.05) is 0 Å². The fourth-order valence-corrected chi connectivity index (χ4v) is 3.80. The van der Waals surface area contributed by atoms with Crippen molar-refractivity contribution in [2.45, 2.75) is 24.9 Å². The molecule has 1 amide bonds. The van der Waals surface area contributed by atoms with Crippen molar-refractivity contribution in [2.24, 2.45) is 0 Å². The number of halogens is 3. The molecule has 1 unspecified atom stereocenters. The quantitative estimate of drug-likeness (QED) is 0.543. The summed E-state index contributed by atoms with van der Waals surface area (Å²) in [6.07, 6.45) is -3.19. The molecular weight excluding hydrogens is 463 g/mol. The molecule has 1 aliphatic heterocycles. The molecule has 2 N–H and O–H groups in total. The molecule has 0 bridgehead atoms.